The summed E-state index contributed by atoms with van der Waals surface area (Å²) >= 11 is 0. The van der Waals surface area contributed by atoms with Gasteiger partial charge in [-0.3, -0.25) is 9.69 Å². The van der Waals surface area contributed by atoms with Gasteiger partial charge in [0.25, 0.3) is 5.91 Å². The molecule has 0 bridgehead atoms. The Morgan fingerprint density at radius 2 is 1.56 bits per heavy atom. The van der Waals surface area contributed by atoms with E-state index in [1.54, 1.807) is 11.0 Å². The molecule has 0 saturated carbocycles. The number of rotatable bonds is 7. The molecule has 0 atom stereocenters. The molecule has 0 radical (unpaired) electrons. The van der Waals surface area contributed by atoms with E-state index in [9.17, 15) is 4.79 Å². The first-order valence-electron chi connectivity index (χ1n) is 10.8. The van der Waals surface area contributed by atoms with Gasteiger partial charge in [-0.2, -0.15) is 0 Å². The van der Waals surface area contributed by atoms with Crippen molar-refractivity contribution in [1.29, 1.82) is 0 Å². The molecule has 5 heteroatoms. The molecule has 1 heterocycles. The monoisotopic (exact) mass is 426 g/mol. The number of aliphatic imine (C=N–C) groups is 1. The molecule has 1 aliphatic rings. The van der Waals surface area contributed by atoms with Crippen LogP contribution in [0.1, 0.15) is 30.5 Å². The fourth-order valence-corrected chi connectivity index (χ4v) is 3.55. The van der Waals surface area contributed by atoms with Gasteiger partial charge >= 0.3 is 0 Å². The molecular weight excluding hydrogens is 400 g/mol. The lowest BCUT2D eigenvalue weighted by Gasteiger charge is -2.18. The highest BCUT2D eigenvalue weighted by atomic mass is 16.5. The molecule has 0 spiro atoms. The average molecular weight is 427 g/mol. The number of hydrogen-bond acceptors (Lipinski definition) is 4. The minimum absolute atomic E-state index is 0.167. The lowest BCUT2D eigenvalue weighted by Crippen LogP contribution is -2.32. The molecule has 4 rings (SSSR count). The number of amides is 1. The van der Waals surface area contributed by atoms with Gasteiger partial charge in [-0.25, -0.2) is 4.99 Å². The number of aryl methyl sites for hydroxylation is 1. The largest absolute Gasteiger partial charge is 0.490 e. The number of amidine groups is 1. The fraction of sp³-hybridized carbons (Fsp3) is 0.185. The van der Waals surface area contributed by atoms with E-state index in [4.69, 9.17) is 14.5 Å². The summed E-state index contributed by atoms with van der Waals surface area (Å²) in [5, 5.41) is 0. The Labute approximate surface area is 188 Å². The predicted molar refractivity (Wildman–Crippen MR) is 128 cm³/mol. The lowest BCUT2D eigenvalue weighted by molar-refractivity contribution is -0.113. The highest BCUT2D eigenvalue weighted by Gasteiger charge is 2.32. The quantitative estimate of drug-likeness (QED) is 0.460. The van der Waals surface area contributed by atoms with Crippen molar-refractivity contribution in [3.63, 3.8) is 0 Å². The Bertz CT molecular complexity index is 1170. The van der Waals surface area contributed by atoms with Crippen LogP contribution in [0, 0.1) is 6.92 Å². The zero-order valence-corrected chi connectivity index (χ0v) is 18.5. The Morgan fingerprint density at radius 1 is 0.875 bits per heavy atom. The van der Waals surface area contributed by atoms with E-state index >= 15 is 0 Å². The van der Waals surface area contributed by atoms with E-state index in [0.29, 0.717) is 36.2 Å². The summed E-state index contributed by atoms with van der Waals surface area (Å²) in [6.45, 7) is 6.96. The summed E-state index contributed by atoms with van der Waals surface area (Å²) in [6.07, 6.45) is 1.79. The minimum Gasteiger partial charge on any atom is -0.490 e. The van der Waals surface area contributed by atoms with Crippen molar-refractivity contribution in [1.82, 2.24) is 0 Å². The van der Waals surface area contributed by atoms with Crippen molar-refractivity contribution >= 4 is 23.5 Å². The van der Waals surface area contributed by atoms with Crippen LogP contribution < -0.4 is 14.4 Å². The summed E-state index contributed by atoms with van der Waals surface area (Å²) in [6, 6.07) is 23.3. The Morgan fingerprint density at radius 3 is 2.25 bits per heavy atom. The second-order valence-electron chi connectivity index (χ2n) is 7.38. The zero-order valence-electron chi connectivity index (χ0n) is 18.5. The van der Waals surface area contributed by atoms with Gasteiger partial charge in [0, 0.05) is 5.56 Å². The third-order valence-corrected chi connectivity index (χ3v) is 5.06. The molecule has 5 nitrogen and oxygen atoms in total. The molecule has 0 N–H and O–H groups in total. The zero-order chi connectivity index (χ0) is 22.5. The molecule has 1 aliphatic heterocycles. The number of ether oxygens (including phenoxy) is 2. The van der Waals surface area contributed by atoms with Gasteiger partial charge < -0.3 is 9.47 Å². The van der Waals surface area contributed by atoms with Crippen molar-refractivity contribution in [3.8, 4) is 11.5 Å². The predicted octanol–water partition coefficient (Wildman–Crippen LogP) is 5.63. The molecule has 3 aromatic rings. The highest BCUT2D eigenvalue weighted by molar-refractivity contribution is 6.33. The van der Waals surface area contributed by atoms with E-state index < -0.39 is 0 Å². The summed E-state index contributed by atoms with van der Waals surface area (Å²) in [7, 11) is 0. The molecule has 3 aromatic carbocycles. The molecule has 0 unspecified atom stereocenters. The van der Waals surface area contributed by atoms with Gasteiger partial charge in [0.15, 0.2) is 11.5 Å². The first-order valence-corrected chi connectivity index (χ1v) is 10.8. The average Bonchev–Trinajstić information content (AvgIpc) is 3.13. The van der Waals surface area contributed by atoms with E-state index in [1.807, 2.05) is 93.6 Å². The van der Waals surface area contributed by atoms with Gasteiger partial charge in [0.05, 0.1) is 18.9 Å². The van der Waals surface area contributed by atoms with Crippen LogP contribution in [-0.2, 0) is 4.79 Å². The number of carbonyl (C=O) groups excluding carboxylic acids is 1. The Balaban J connectivity index is 1.76. The first-order chi connectivity index (χ1) is 15.6. The molecule has 0 saturated heterocycles. The fourth-order valence-electron chi connectivity index (χ4n) is 3.55. The van der Waals surface area contributed by atoms with Crippen molar-refractivity contribution in [2.45, 2.75) is 20.8 Å². The first kappa shape index (κ1) is 21.4. The third-order valence-electron chi connectivity index (χ3n) is 5.06. The topological polar surface area (TPSA) is 51.1 Å². The molecule has 1 amide bonds. The lowest BCUT2D eigenvalue weighted by atomic mass is 10.1. The van der Waals surface area contributed by atoms with Crippen molar-refractivity contribution in [2.75, 3.05) is 18.1 Å². The van der Waals surface area contributed by atoms with Crippen LogP contribution in [0.5, 0.6) is 11.5 Å². The van der Waals surface area contributed by atoms with E-state index in [1.165, 1.54) is 0 Å². The SMILES string of the molecule is CCOc1ccc(C=C2N=C(c3ccccc3)N(c3ccc(C)cc3)C2=O)cc1OCC. The highest BCUT2D eigenvalue weighted by Crippen LogP contribution is 2.32. The maximum atomic E-state index is 13.4. The van der Waals surface area contributed by atoms with Crippen LogP contribution in [0.4, 0.5) is 5.69 Å². The summed E-state index contributed by atoms with van der Waals surface area (Å²) < 4.78 is 11.4. The van der Waals surface area contributed by atoms with E-state index in [2.05, 4.69) is 0 Å². The molecular formula is C27H26N2O3. The van der Waals surface area contributed by atoms with Gasteiger partial charge in [0.1, 0.15) is 11.5 Å². The molecule has 0 aromatic heterocycles. The molecule has 0 fully saturated rings. The standard InChI is InChI=1S/C27H26N2O3/c1-4-31-24-16-13-20(18-25(24)32-5-2)17-23-27(30)29(22-14-11-19(3)12-15-22)26(28-23)21-9-7-6-8-10-21/h6-18H,4-5H2,1-3H3. The van der Waals surface area contributed by atoms with E-state index in [-0.39, 0.29) is 5.91 Å². The third kappa shape index (κ3) is 4.42. The number of anilines is 1. The number of hydrogen-bond donors (Lipinski definition) is 0. The summed E-state index contributed by atoms with van der Waals surface area (Å²) in [4.78, 5) is 19.8. The Kier molecular flexibility index (Phi) is 6.36. The maximum Gasteiger partial charge on any atom is 0.282 e. The summed E-state index contributed by atoms with van der Waals surface area (Å²) in [5.74, 6) is 1.78. The van der Waals surface area contributed by atoms with Gasteiger partial charge in [-0.05, 0) is 56.7 Å². The molecule has 32 heavy (non-hydrogen) atoms. The van der Waals surface area contributed by atoms with Crippen LogP contribution in [0.25, 0.3) is 6.08 Å². The van der Waals surface area contributed by atoms with Gasteiger partial charge in [0.2, 0.25) is 0 Å². The van der Waals surface area contributed by atoms with Crippen LogP contribution >= 0.6 is 0 Å². The smallest absolute Gasteiger partial charge is 0.282 e. The van der Waals surface area contributed by atoms with Crippen molar-refractivity contribution < 1.29 is 14.3 Å². The second-order valence-corrected chi connectivity index (χ2v) is 7.38. The van der Waals surface area contributed by atoms with Gasteiger partial charge in [-0.1, -0.05) is 54.1 Å². The molecule has 0 aliphatic carbocycles. The maximum absolute atomic E-state index is 13.4. The van der Waals surface area contributed by atoms with Gasteiger partial charge in [-0.15, -0.1) is 0 Å². The summed E-state index contributed by atoms with van der Waals surface area (Å²) in [5.41, 5.74) is 3.99. The van der Waals surface area contributed by atoms with Crippen LogP contribution in [-0.4, -0.2) is 25.0 Å². The normalized spacial score (nSPS) is 14.6. The number of carbonyl (C=O) groups is 1. The van der Waals surface area contributed by atoms with Crippen LogP contribution in [0.2, 0.25) is 0 Å². The minimum atomic E-state index is -0.167. The number of benzene rings is 3. The second kappa shape index (κ2) is 9.52. The Hall–Kier alpha value is -3.86. The molecule has 162 valence electrons. The van der Waals surface area contributed by atoms with Crippen molar-refractivity contribution in [3.05, 3.63) is 95.2 Å². The van der Waals surface area contributed by atoms with E-state index in [0.717, 1.165) is 22.4 Å². The van der Waals surface area contributed by atoms with Crippen LogP contribution in [0.15, 0.2) is 83.5 Å². The number of nitrogens with zero attached hydrogens (tertiary/aromatic N) is 2. The van der Waals surface area contributed by atoms with Crippen LogP contribution in [0.3, 0.4) is 0 Å². The van der Waals surface area contributed by atoms with Crippen molar-refractivity contribution in [2.24, 2.45) is 4.99 Å².